The number of hydrogen-bond acceptors (Lipinski definition) is 8. The summed E-state index contributed by atoms with van der Waals surface area (Å²) in [7, 11) is 0. The molecule has 12 nitrogen and oxygen atoms in total. The first-order valence-corrected chi connectivity index (χ1v) is 16.6. The molecular formula is C36H42N8O4. The first-order chi connectivity index (χ1) is 23.2. The number of anilines is 2. The van der Waals surface area contributed by atoms with E-state index in [0.29, 0.717) is 37.3 Å². The Labute approximate surface area is 279 Å². The Bertz CT molecular complexity index is 1900. The minimum absolute atomic E-state index is 0.0433. The molecule has 2 aliphatic rings. The Balaban J connectivity index is 1.08. The largest absolute Gasteiger partial charge is 0.484 e. The van der Waals surface area contributed by atoms with Crippen LogP contribution in [0.3, 0.4) is 0 Å². The van der Waals surface area contributed by atoms with Crippen molar-refractivity contribution in [2.24, 2.45) is 0 Å². The number of urea groups is 1. The van der Waals surface area contributed by atoms with Gasteiger partial charge in [-0.15, -0.1) is 10.2 Å². The van der Waals surface area contributed by atoms with E-state index in [1.165, 1.54) is 0 Å². The molecule has 1 fully saturated rings. The van der Waals surface area contributed by atoms with Crippen LogP contribution in [0.5, 0.6) is 5.75 Å². The summed E-state index contributed by atoms with van der Waals surface area (Å²) in [6.07, 6.45) is 4.29. The number of ether oxygens (including phenoxy) is 1. The van der Waals surface area contributed by atoms with Crippen molar-refractivity contribution in [1.82, 2.24) is 29.7 Å². The third-order valence-corrected chi connectivity index (χ3v) is 9.21. The van der Waals surface area contributed by atoms with Crippen molar-refractivity contribution in [2.45, 2.75) is 76.7 Å². The highest BCUT2D eigenvalue weighted by Crippen LogP contribution is 2.39. The van der Waals surface area contributed by atoms with Gasteiger partial charge in [-0.25, -0.2) is 9.48 Å². The number of carbonyl (C=O) groups is 1. The van der Waals surface area contributed by atoms with E-state index in [0.717, 1.165) is 52.8 Å². The van der Waals surface area contributed by atoms with Gasteiger partial charge in [0.15, 0.2) is 5.65 Å². The molecule has 2 aromatic carbocycles. The van der Waals surface area contributed by atoms with Crippen LogP contribution >= 0.6 is 0 Å². The maximum Gasteiger partial charge on any atom is 0.320 e. The number of nitrogens with zero attached hydrogens (tertiary/aromatic N) is 6. The second-order valence-corrected chi connectivity index (χ2v) is 13.7. The molecule has 7 rings (SSSR count). The maximum atomic E-state index is 13.5. The number of piperidine rings is 1. The number of nitrogens with one attached hydrogen (secondary N) is 2. The highest BCUT2D eigenvalue weighted by molar-refractivity contribution is 5.89. The molecule has 0 bridgehead atoms. The summed E-state index contributed by atoms with van der Waals surface area (Å²) in [5.41, 5.74) is 5.00. The highest BCUT2D eigenvalue weighted by atomic mass is 16.5. The van der Waals surface area contributed by atoms with E-state index in [2.05, 4.69) is 52.6 Å². The van der Waals surface area contributed by atoms with Crippen LogP contribution in [0.4, 0.5) is 16.6 Å². The number of carbonyl (C=O) groups excluding carboxylic acids is 1. The molecule has 1 aliphatic carbocycles. The summed E-state index contributed by atoms with van der Waals surface area (Å²) >= 11 is 0. The Morgan fingerprint density at radius 1 is 0.958 bits per heavy atom. The molecule has 4 heterocycles. The van der Waals surface area contributed by atoms with Crippen LogP contribution in [0, 0.1) is 0 Å². The predicted octanol–water partition coefficient (Wildman–Crippen LogP) is 5.44. The lowest BCUT2D eigenvalue weighted by Gasteiger charge is -2.32. The molecule has 3 aromatic heterocycles. The molecule has 1 saturated heterocycles. The third kappa shape index (κ3) is 6.45. The van der Waals surface area contributed by atoms with E-state index in [9.17, 15) is 15.0 Å². The van der Waals surface area contributed by atoms with Crippen LogP contribution in [0.15, 0.2) is 72.9 Å². The first kappa shape index (κ1) is 31.6. The summed E-state index contributed by atoms with van der Waals surface area (Å²) in [6.45, 7) is 7.66. The minimum atomic E-state index is -0.321. The van der Waals surface area contributed by atoms with Gasteiger partial charge in [0.25, 0.3) is 0 Å². The van der Waals surface area contributed by atoms with Crippen molar-refractivity contribution in [3.8, 4) is 11.4 Å². The van der Waals surface area contributed by atoms with Crippen molar-refractivity contribution < 1.29 is 19.7 Å². The fraction of sp³-hybridized carbons (Fsp3) is 0.389. The molecule has 5 aromatic rings. The summed E-state index contributed by atoms with van der Waals surface area (Å²) in [5, 5.41) is 39.2. The van der Waals surface area contributed by atoms with Crippen molar-refractivity contribution in [3.63, 3.8) is 0 Å². The Hall–Kier alpha value is -4.94. The zero-order valence-corrected chi connectivity index (χ0v) is 27.5. The molecule has 250 valence electrons. The number of hydrogen-bond donors (Lipinski definition) is 4. The number of aromatic nitrogens is 5. The molecule has 0 spiro atoms. The molecule has 48 heavy (non-hydrogen) atoms. The quantitative estimate of drug-likeness (QED) is 0.182. The zero-order chi connectivity index (χ0) is 33.4. The molecule has 2 atom stereocenters. The average Bonchev–Trinajstić information content (AvgIpc) is 3.71. The van der Waals surface area contributed by atoms with Crippen LogP contribution in [-0.4, -0.2) is 59.8 Å². The molecule has 0 saturated carbocycles. The number of benzene rings is 2. The van der Waals surface area contributed by atoms with Gasteiger partial charge in [0.1, 0.15) is 17.7 Å². The van der Waals surface area contributed by atoms with Gasteiger partial charge in [0.05, 0.1) is 36.3 Å². The molecule has 0 unspecified atom stereocenters. The smallest absolute Gasteiger partial charge is 0.320 e. The third-order valence-electron chi connectivity index (χ3n) is 9.21. The van der Waals surface area contributed by atoms with Crippen LogP contribution < -0.4 is 20.3 Å². The number of aliphatic hydroxyl groups is 2. The summed E-state index contributed by atoms with van der Waals surface area (Å²) in [5.74, 6) is 2.02. The SMILES string of the molecule is CC(C)(C)c1cc(NC(=O)N[C@H]2CC[C@@H](Oc3ccc4nnc(N5CCC(O)CC5)n4c3)c3ccccc32)n(-c2ccc(CO)cc2)n1. The fourth-order valence-corrected chi connectivity index (χ4v) is 6.48. The van der Waals surface area contributed by atoms with Crippen molar-refractivity contribution >= 4 is 23.4 Å². The minimum Gasteiger partial charge on any atom is -0.484 e. The number of fused-ring (bicyclic) bond motifs is 2. The van der Waals surface area contributed by atoms with Crippen LogP contribution in [0.1, 0.15) is 81.0 Å². The lowest BCUT2D eigenvalue weighted by atomic mass is 9.85. The van der Waals surface area contributed by atoms with Gasteiger partial charge in [-0.3, -0.25) is 9.72 Å². The van der Waals surface area contributed by atoms with Gasteiger partial charge in [-0.2, -0.15) is 5.10 Å². The van der Waals surface area contributed by atoms with Crippen molar-refractivity contribution in [2.75, 3.05) is 23.3 Å². The lowest BCUT2D eigenvalue weighted by molar-refractivity contribution is 0.145. The molecule has 2 amide bonds. The normalized spacial score (nSPS) is 18.5. The Morgan fingerprint density at radius 3 is 2.44 bits per heavy atom. The lowest BCUT2D eigenvalue weighted by Crippen LogP contribution is -2.37. The van der Waals surface area contributed by atoms with E-state index in [1.54, 1.807) is 4.68 Å². The summed E-state index contributed by atoms with van der Waals surface area (Å²) in [6, 6.07) is 20.8. The topological polar surface area (TPSA) is 142 Å². The van der Waals surface area contributed by atoms with Gasteiger partial charge in [0.2, 0.25) is 5.95 Å². The molecule has 1 aliphatic heterocycles. The van der Waals surface area contributed by atoms with E-state index >= 15 is 0 Å². The van der Waals surface area contributed by atoms with Gasteiger partial charge in [-0.05, 0) is 66.6 Å². The molecule has 0 radical (unpaired) electrons. The Morgan fingerprint density at radius 2 is 1.71 bits per heavy atom. The second-order valence-electron chi connectivity index (χ2n) is 13.7. The standard InChI is InChI=1S/C36H42N8O4/c1-36(2,3)31-20-33(44(41-31)24-10-8-23(22-45)9-11-24)38-34(47)37-29-13-14-30(28-7-5-4-6-27(28)29)48-26-12-15-32-39-40-35(43(32)21-26)42-18-16-25(46)17-19-42/h4-12,15,20-21,25,29-30,45-46H,13-14,16-19,22H2,1-3H3,(H2,37,38,47)/t29-,30+/m0/s1. The Kier molecular flexibility index (Phi) is 8.52. The second kappa shape index (κ2) is 12.9. The predicted molar refractivity (Wildman–Crippen MR) is 183 cm³/mol. The summed E-state index contributed by atoms with van der Waals surface area (Å²) in [4.78, 5) is 15.7. The number of pyridine rings is 1. The summed E-state index contributed by atoms with van der Waals surface area (Å²) < 4.78 is 10.3. The molecule has 4 N–H and O–H groups in total. The number of amides is 2. The monoisotopic (exact) mass is 650 g/mol. The van der Waals surface area contributed by atoms with Crippen LogP contribution in [-0.2, 0) is 12.0 Å². The maximum absolute atomic E-state index is 13.5. The molecule has 12 heteroatoms. The number of aliphatic hydroxyl groups excluding tert-OH is 2. The number of rotatable bonds is 7. The van der Waals surface area contributed by atoms with Gasteiger partial charge in [0, 0.05) is 24.6 Å². The fourth-order valence-electron chi connectivity index (χ4n) is 6.48. The van der Waals surface area contributed by atoms with Crippen LogP contribution in [0.2, 0.25) is 0 Å². The zero-order valence-electron chi connectivity index (χ0n) is 27.5. The van der Waals surface area contributed by atoms with Gasteiger partial charge >= 0.3 is 6.03 Å². The first-order valence-electron chi connectivity index (χ1n) is 16.6. The van der Waals surface area contributed by atoms with Crippen LogP contribution in [0.25, 0.3) is 11.3 Å². The van der Waals surface area contributed by atoms with Gasteiger partial charge in [-0.1, -0.05) is 57.2 Å². The highest BCUT2D eigenvalue weighted by Gasteiger charge is 2.30. The van der Waals surface area contributed by atoms with Crippen molar-refractivity contribution in [1.29, 1.82) is 0 Å². The van der Waals surface area contributed by atoms with E-state index in [-0.39, 0.29) is 36.3 Å². The molecular weight excluding hydrogens is 608 g/mol. The van der Waals surface area contributed by atoms with E-state index in [1.807, 2.05) is 71.3 Å². The van der Waals surface area contributed by atoms with Crippen molar-refractivity contribution in [3.05, 3.63) is 95.3 Å². The van der Waals surface area contributed by atoms with E-state index in [4.69, 9.17) is 9.84 Å². The van der Waals surface area contributed by atoms with Gasteiger partial charge < -0.3 is 25.2 Å². The van der Waals surface area contributed by atoms with E-state index < -0.39 is 0 Å². The average molecular weight is 651 g/mol.